The Bertz CT molecular complexity index is 1870. The molecule has 0 saturated heterocycles. The number of nitrogens with zero attached hydrogens (tertiary/aromatic N) is 2. The molecule has 0 atom stereocenters. The number of hydrogen-bond acceptors (Lipinski definition) is 1. The van der Waals surface area contributed by atoms with Crippen LogP contribution >= 0.6 is 22.9 Å². The van der Waals surface area contributed by atoms with Crippen LogP contribution in [0.3, 0.4) is 0 Å². The van der Waals surface area contributed by atoms with Crippen LogP contribution in [0.4, 0.5) is 0 Å². The van der Waals surface area contributed by atoms with Crippen LogP contribution in [0.1, 0.15) is 5.56 Å². The monoisotopic (exact) mass is 539 g/mol. The molecule has 0 spiro atoms. The van der Waals surface area contributed by atoms with Crippen LogP contribution in [0.25, 0.3) is 65.9 Å². The van der Waals surface area contributed by atoms with Crippen LogP contribution in [0.15, 0.2) is 89.3 Å². The van der Waals surface area contributed by atoms with Gasteiger partial charge in [-0.2, -0.15) is 2.78 Å². The molecule has 33 heavy (non-hydrogen) atoms. The predicted octanol–water partition coefficient (Wildman–Crippen LogP) is 7.85. The number of imidazole rings is 1. The van der Waals surface area contributed by atoms with Gasteiger partial charge in [0.25, 0.3) is 0 Å². The quantitative estimate of drug-likeness (QED) is 0.118. The van der Waals surface area contributed by atoms with Gasteiger partial charge in [-0.15, -0.1) is 0 Å². The van der Waals surface area contributed by atoms with E-state index in [2.05, 4.69) is 129 Å². The molecule has 0 fully saturated rings. The van der Waals surface area contributed by atoms with E-state index in [1.54, 1.807) is 0 Å². The van der Waals surface area contributed by atoms with Crippen molar-refractivity contribution in [3.05, 3.63) is 90.5 Å². The summed E-state index contributed by atoms with van der Waals surface area (Å²) in [6.45, 7) is 2.17. The number of furan rings is 1. The fourth-order valence-electron chi connectivity index (χ4n) is 5.34. The van der Waals surface area contributed by atoms with Gasteiger partial charge in [0.15, 0.2) is 16.6 Å². The van der Waals surface area contributed by atoms with Crippen LogP contribution in [-0.4, -0.2) is 2.78 Å². The van der Waals surface area contributed by atoms with E-state index in [-0.39, 0.29) is 0 Å². The van der Waals surface area contributed by atoms with Crippen LogP contribution < -0.4 is 4.57 Å². The fraction of sp³-hybridized carbons (Fsp3) is 0.0690. The third kappa shape index (κ3) is 2.53. The first-order chi connectivity index (χ1) is 16.1. The second-order valence-electron chi connectivity index (χ2n) is 8.71. The summed E-state index contributed by atoms with van der Waals surface area (Å²) in [5, 5.41) is 7.38. The summed E-state index contributed by atoms with van der Waals surface area (Å²) in [6.07, 6.45) is 0. The van der Waals surface area contributed by atoms with E-state index in [0.29, 0.717) is 0 Å². The maximum absolute atomic E-state index is 6.61. The molecule has 7 aromatic rings. The maximum Gasteiger partial charge on any atom is 0.302 e. The molecule has 0 aliphatic heterocycles. The predicted molar refractivity (Wildman–Crippen MR) is 145 cm³/mol. The van der Waals surface area contributed by atoms with Crippen molar-refractivity contribution in [2.75, 3.05) is 0 Å². The van der Waals surface area contributed by atoms with Crippen molar-refractivity contribution in [3.8, 4) is 11.4 Å². The molecule has 7 rings (SSSR count). The molecule has 4 heteroatoms. The number of hydrogen-bond donors (Lipinski definition) is 0. The van der Waals surface area contributed by atoms with Gasteiger partial charge in [-0.1, -0.05) is 66.7 Å². The maximum atomic E-state index is 6.61. The summed E-state index contributed by atoms with van der Waals surface area (Å²) in [7, 11) is 2.13. The van der Waals surface area contributed by atoms with E-state index >= 15 is 0 Å². The van der Waals surface area contributed by atoms with Gasteiger partial charge in [0.2, 0.25) is 22.9 Å². The summed E-state index contributed by atoms with van der Waals surface area (Å²) in [4.78, 5) is 0. The van der Waals surface area contributed by atoms with Crippen molar-refractivity contribution in [1.82, 2.24) is 2.78 Å². The number of para-hydroxylation sites is 2. The molecule has 0 N–H and O–H groups in total. The molecule has 0 saturated carbocycles. The Morgan fingerprint density at radius 1 is 0.758 bits per heavy atom. The highest BCUT2D eigenvalue weighted by Crippen LogP contribution is 2.42. The van der Waals surface area contributed by atoms with Crippen LogP contribution in [0, 0.1) is 6.92 Å². The first kappa shape index (κ1) is 19.1. The third-order valence-electron chi connectivity index (χ3n) is 6.92. The molecule has 0 aliphatic carbocycles. The molecular weight excluding hydrogens is 519 g/mol. The molecule has 0 unspecified atom stereocenters. The third-order valence-corrected chi connectivity index (χ3v) is 7.89. The molecule has 3 nitrogen and oxygen atoms in total. The van der Waals surface area contributed by atoms with E-state index in [4.69, 9.17) is 4.42 Å². The van der Waals surface area contributed by atoms with Crippen molar-refractivity contribution in [2.45, 2.75) is 6.92 Å². The molecule has 0 amide bonds. The minimum absolute atomic E-state index is 0.929. The number of halogens is 1. The fourth-order valence-corrected chi connectivity index (χ4v) is 6.32. The van der Waals surface area contributed by atoms with Gasteiger partial charge < -0.3 is 4.42 Å². The standard InChI is InChI=1S/C29H20IN2O/c1-17-11-13-22-27-21-14-12-18-7-3-4-8-19(18)20(21)15-16-25(27)33-28(22)26(17)29-31(2)23-9-5-6-10-24(23)32(29)30/h3-16H,1-2H3/q+1. The van der Waals surface area contributed by atoms with Gasteiger partial charge >= 0.3 is 5.82 Å². The molecule has 158 valence electrons. The Morgan fingerprint density at radius 2 is 1.52 bits per heavy atom. The second-order valence-corrected chi connectivity index (χ2v) is 9.67. The average Bonchev–Trinajstić information content (AvgIpc) is 3.34. The van der Waals surface area contributed by atoms with Crippen molar-refractivity contribution < 1.29 is 8.98 Å². The highest BCUT2D eigenvalue weighted by molar-refractivity contribution is 14.1. The first-order valence-corrected chi connectivity index (χ1v) is 12.0. The number of benzene rings is 5. The Kier molecular flexibility index (Phi) is 3.95. The minimum Gasteiger partial charge on any atom is -0.455 e. The molecule has 0 bridgehead atoms. The Hall–Kier alpha value is -3.38. The zero-order valence-corrected chi connectivity index (χ0v) is 20.4. The second kappa shape index (κ2) is 6.81. The van der Waals surface area contributed by atoms with Gasteiger partial charge in [-0.25, -0.2) is 4.57 Å². The highest BCUT2D eigenvalue weighted by atomic mass is 127. The lowest BCUT2D eigenvalue weighted by Gasteiger charge is -2.05. The van der Waals surface area contributed by atoms with Crippen molar-refractivity contribution in [1.29, 1.82) is 0 Å². The van der Waals surface area contributed by atoms with Crippen molar-refractivity contribution in [3.63, 3.8) is 0 Å². The number of rotatable bonds is 1. The van der Waals surface area contributed by atoms with E-state index < -0.39 is 0 Å². The normalized spacial score (nSPS) is 12.1. The molecule has 2 heterocycles. The van der Waals surface area contributed by atoms with Crippen LogP contribution in [-0.2, 0) is 7.05 Å². The molecular formula is C29H20IN2O+. The highest BCUT2D eigenvalue weighted by Gasteiger charge is 2.28. The van der Waals surface area contributed by atoms with E-state index in [9.17, 15) is 0 Å². The Labute approximate surface area is 204 Å². The van der Waals surface area contributed by atoms with Gasteiger partial charge in [-0.05, 0) is 52.2 Å². The minimum atomic E-state index is 0.929. The summed E-state index contributed by atoms with van der Waals surface area (Å²) in [5.74, 6) is 1.13. The number of fused-ring (bicyclic) bond motifs is 8. The van der Waals surface area contributed by atoms with Crippen LogP contribution in [0.5, 0.6) is 0 Å². The van der Waals surface area contributed by atoms with Gasteiger partial charge in [0, 0.05) is 10.8 Å². The van der Waals surface area contributed by atoms with E-state index in [1.807, 2.05) is 0 Å². The summed E-state index contributed by atoms with van der Waals surface area (Å²) >= 11 is 2.41. The topological polar surface area (TPSA) is 21.9 Å². The van der Waals surface area contributed by atoms with Gasteiger partial charge in [0.05, 0.1) is 7.05 Å². The van der Waals surface area contributed by atoms with Gasteiger partial charge in [0.1, 0.15) is 11.1 Å². The summed E-state index contributed by atoms with van der Waals surface area (Å²) in [6, 6.07) is 30.3. The zero-order valence-electron chi connectivity index (χ0n) is 18.3. The lowest BCUT2D eigenvalue weighted by molar-refractivity contribution is -0.633. The van der Waals surface area contributed by atoms with Gasteiger partial charge in [-0.3, -0.25) is 0 Å². The average molecular weight is 539 g/mol. The first-order valence-electron chi connectivity index (χ1n) is 11.1. The summed E-state index contributed by atoms with van der Waals surface area (Å²) < 4.78 is 11.1. The SMILES string of the molecule is Cc1ccc2c(oc3ccc4c5ccccc5ccc4c32)c1-c1n(I)c2ccccc2[n+]1C. The van der Waals surface area contributed by atoms with Crippen LogP contribution in [0.2, 0.25) is 0 Å². The number of aryl methyl sites for hydroxylation is 2. The largest absolute Gasteiger partial charge is 0.455 e. The van der Waals surface area contributed by atoms with Crippen molar-refractivity contribution in [2.24, 2.45) is 7.05 Å². The van der Waals surface area contributed by atoms with E-state index in [0.717, 1.165) is 27.9 Å². The molecule has 5 aromatic carbocycles. The Morgan fingerprint density at radius 3 is 2.39 bits per heavy atom. The molecule has 0 radical (unpaired) electrons. The zero-order chi connectivity index (χ0) is 22.3. The smallest absolute Gasteiger partial charge is 0.302 e. The number of aromatic nitrogens is 2. The van der Waals surface area contributed by atoms with E-state index in [1.165, 1.54) is 43.5 Å². The Balaban J connectivity index is 1.65. The summed E-state index contributed by atoms with van der Waals surface area (Å²) in [5.41, 5.74) is 6.62. The molecule has 2 aromatic heterocycles. The molecule has 0 aliphatic rings. The van der Waals surface area contributed by atoms with Crippen molar-refractivity contribution >= 4 is 77.4 Å². The lowest BCUT2D eigenvalue weighted by atomic mass is 9.97. The lowest BCUT2D eigenvalue weighted by Crippen LogP contribution is -2.29.